The van der Waals surface area contributed by atoms with Crippen LogP contribution < -0.4 is 15.4 Å². The Kier molecular flexibility index (Phi) is 5.44. The van der Waals surface area contributed by atoms with E-state index in [-0.39, 0.29) is 12.5 Å². The number of rotatable bonds is 5. The first kappa shape index (κ1) is 15.2. The highest BCUT2D eigenvalue weighted by Gasteiger charge is 2.15. The molecule has 0 aliphatic heterocycles. The van der Waals surface area contributed by atoms with E-state index in [0.717, 1.165) is 18.5 Å². The first-order valence-corrected chi connectivity index (χ1v) is 7.34. The highest BCUT2D eigenvalue weighted by molar-refractivity contribution is 5.81. The number of nitriles is 1. The molecule has 0 bridgehead atoms. The van der Waals surface area contributed by atoms with Gasteiger partial charge in [-0.25, -0.2) is 0 Å². The molecule has 1 saturated carbocycles. The van der Waals surface area contributed by atoms with E-state index in [1.54, 1.807) is 25.3 Å². The maximum atomic E-state index is 11.9. The number of methoxy groups -OCH3 is 1. The average Bonchev–Trinajstić information content (AvgIpc) is 2.53. The minimum absolute atomic E-state index is 0.00619. The number of ether oxygens (including phenoxy) is 1. The van der Waals surface area contributed by atoms with Gasteiger partial charge in [0.2, 0.25) is 5.91 Å². The quantitative estimate of drug-likeness (QED) is 0.872. The van der Waals surface area contributed by atoms with Crippen LogP contribution >= 0.6 is 0 Å². The monoisotopic (exact) mass is 287 g/mol. The maximum absolute atomic E-state index is 11.9. The van der Waals surface area contributed by atoms with Crippen molar-refractivity contribution in [3.05, 3.63) is 23.8 Å². The molecule has 1 aromatic carbocycles. The topological polar surface area (TPSA) is 74.1 Å². The number of amides is 1. The van der Waals surface area contributed by atoms with E-state index in [1.807, 2.05) is 0 Å². The SMILES string of the molecule is COc1cc(C#N)ccc1NCC(=O)NC1CCCCC1. The molecule has 21 heavy (non-hydrogen) atoms. The van der Waals surface area contributed by atoms with Crippen LogP contribution in [0.4, 0.5) is 5.69 Å². The van der Waals surface area contributed by atoms with Gasteiger partial charge in [-0.1, -0.05) is 19.3 Å². The van der Waals surface area contributed by atoms with E-state index >= 15 is 0 Å². The van der Waals surface area contributed by atoms with Gasteiger partial charge in [-0.3, -0.25) is 4.79 Å². The normalized spacial score (nSPS) is 15.0. The Morgan fingerprint density at radius 2 is 2.14 bits per heavy atom. The van der Waals surface area contributed by atoms with Crippen LogP contribution in [0.5, 0.6) is 5.75 Å². The highest BCUT2D eigenvalue weighted by Crippen LogP contribution is 2.25. The number of carbonyl (C=O) groups is 1. The van der Waals surface area contributed by atoms with Gasteiger partial charge in [0.15, 0.2) is 0 Å². The van der Waals surface area contributed by atoms with E-state index in [1.165, 1.54) is 19.3 Å². The fourth-order valence-electron chi connectivity index (χ4n) is 2.61. The summed E-state index contributed by atoms with van der Waals surface area (Å²) < 4.78 is 5.22. The largest absolute Gasteiger partial charge is 0.495 e. The third-order valence-corrected chi connectivity index (χ3v) is 3.74. The van der Waals surface area contributed by atoms with Crippen LogP contribution in [0.1, 0.15) is 37.7 Å². The van der Waals surface area contributed by atoms with Gasteiger partial charge < -0.3 is 15.4 Å². The number of hydrogen-bond acceptors (Lipinski definition) is 4. The minimum Gasteiger partial charge on any atom is -0.495 e. The second-order valence-corrected chi connectivity index (χ2v) is 5.28. The van der Waals surface area contributed by atoms with Crippen molar-refractivity contribution >= 4 is 11.6 Å². The molecule has 5 nitrogen and oxygen atoms in total. The van der Waals surface area contributed by atoms with Crippen molar-refractivity contribution in [2.75, 3.05) is 19.0 Å². The van der Waals surface area contributed by atoms with Crippen LogP contribution in [0.3, 0.4) is 0 Å². The third kappa shape index (κ3) is 4.38. The molecule has 0 aromatic heterocycles. The summed E-state index contributed by atoms with van der Waals surface area (Å²) in [6.45, 7) is 0.207. The summed E-state index contributed by atoms with van der Waals surface area (Å²) in [5, 5.41) is 15.0. The van der Waals surface area contributed by atoms with Gasteiger partial charge in [-0.15, -0.1) is 0 Å². The third-order valence-electron chi connectivity index (χ3n) is 3.74. The average molecular weight is 287 g/mol. The zero-order chi connectivity index (χ0) is 15.1. The van der Waals surface area contributed by atoms with Crippen LogP contribution in [0, 0.1) is 11.3 Å². The molecule has 1 aliphatic carbocycles. The van der Waals surface area contributed by atoms with Gasteiger partial charge >= 0.3 is 0 Å². The van der Waals surface area contributed by atoms with Crippen molar-refractivity contribution in [1.82, 2.24) is 5.32 Å². The molecule has 112 valence electrons. The summed E-state index contributed by atoms with van der Waals surface area (Å²) in [5.41, 5.74) is 1.25. The molecule has 5 heteroatoms. The van der Waals surface area contributed by atoms with Crippen LogP contribution in [0.2, 0.25) is 0 Å². The lowest BCUT2D eigenvalue weighted by Gasteiger charge is -2.23. The Hall–Kier alpha value is -2.22. The van der Waals surface area contributed by atoms with Crippen LogP contribution in [0.15, 0.2) is 18.2 Å². The second kappa shape index (κ2) is 7.53. The lowest BCUT2D eigenvalue weighted by atomic mass is 9.95. The molecule has 0 spiro atoms. The van der Waals surface area contributed by atoms with Crippen molar-refractivity contribution in [2.24, 2.45) is 0 Å². The van der Waals surface area contributed by atoms with Crippen molar-refractivity contribution in [2.45, 2.75) is 38.1 Å². The molecule has 0 atom stereocenters. The van der Waals surface area contributed by atoms with Crippen LogP contribution in [0.25, 0.3) is 0 Å². The van der Waals surface area contributed by atoms with Gasteiger partial charge in [0.25, 0.3) is 0 Å². The molecule has 2 rings (SSSR count). The van der Waals surface area contributed by atoms with Crippen molar-refractivity contribution in [3.8, 4) is 11.8 Å². The zero-order valence-electron chi connectivity index (χ0n) is 12.3. The van der Waals surface area contributed by atoms with Crippen LogP contribution in [-0.4, -0.2) is 25.6 Å². The van der Waals surface area contributed by atoms with Gasteiger partial charge in [-0.05, 0) is 25.0 Å². The Labute approximate surface area is 125 Å². The first-order valence-electron chi connectivity index (χ1n) is 7.34. The molecule has 1 aliphatic rings. The summed E-state index contributed by atoms with van der Waals surface area (Å²) >= 11 is 0. The van der Waals surface area contributed by atoms with Crippen molar-refractivity contribution < 1.29 is 9.53 Å². The molecule has 0 unspecified atom stereocenters. The van der Waals surface area contributed by atoms with E-state index in [9.17, 15) is 4.79 Å². The first-order chi connectivity index (χ1) is 10.2. The van der Waals surface area contributed by atoms with Gasteiger partial charge in [0, 0.05) is 12.1 Å². The number of nitrogens with one attached hydrogen (secondary N) is 2. The minimum atomic E-state index is -0.00619. The summed E-state index contributed by atoms with van der Waals surface area (Å²) in [6.07, 6.45) is 5.81. The highest BCUT2D eigenvalue weighted by atomic mass is 16.5. The Morgan fingerprint density at radius 3 is 2.81 bits per heavy atom. The van der Waals surface area contributed by atoms with Gasteiger partial charge in [0.1, 0.15) is 5.75 Å². The molecule has 0 radical (unpaired) electrons. The maximum Gasteiger partial charge on any atom is 0.239 e. The zero-order valence-corrected chi connectivity index (χ0v) is 12.3. The predicted octanol–water partition coefficient (Wildman–Crippen LogP) is 2.43. The lowest BCUT2D eigenvalue weighted by molar-refractivity contribution is -0.120. The number of nitrogens with zero attached hydrogens (tertiary/aromatic N) is 1. The summed E-state index contributed by atoms with van der Waals surface area (Å²) in [5.74, 6) is 0.563. The fraction of sp³-hybridized carbons (Fsp3) is 0.500. The lowest BCUT2D eigenvalue weighted by Crippen LogP contribution is -2.39. The van der Waals surface area contributed by atoms with Gasteiger partial charge in [0.05, 0.1) is 31.0 Å². The summed E-state index contributed by atoms with van der Waals surface area (Å²) in [6, 6.07) is 7.48. The Morgan fingerprint density at radius 1 is 1.38 bits per heavy atom. The van der Waals surface area contributed by atoms with E-state index < -0.39 is 0 Å². The molecule has 0 heterocycles. The van der Waals surface area contributed by atoms with Crippen molar-refractivity contribution in [3.63, 3.8) is 0 Å². The molecule has 2 N–H and O–H groups in total. The standard InChI is InChI=1S/C16H21N3O2/c1-21-15-9-12(10-17)7-8-14(15)18-11-16(20)19-13-5-3-2-4-6-13/h7-9,13,18H,2-6,11H2,1H3,(H,19,20). The molecular weight excluding hydrogens is 266 g/mol. The Bertz CT molecular complexity index is 531. The second-order valence-electron chi connectivity index (χ2n) is 5.28. The number of benzene rings is 1. The van der Waals surface area contributed by atoms with Crippen LogP contribution in [-0.2, 0) is 4.79 Å². The Balaban J connectivity index is 1.87. The number of carbonyl (C=O) groups excluding carboxylic acids is 1. The molecule has 1 aromatic rings. The fourth-order valence-corrected chi connectivity index (χ4v) is 2.61. The summed E-state index contributed by atoms with van der Waals surface area (Å²) in [7, 11) is 1.55. The number of hydrogen-bond donors (Lipinski definition) is 2. The van der Waals surface area contributed by atoms with Crippen molar-refractivity contribution in [1.29, 1.82) is 5.26 Å². The van der Waals surface area contributed by atoms with E-state index in [0.29, 0.717) is 17.4 Å². The van der Waals surface area contributed by atoms with Gasteiger partial charge in [-0.2, -0.15) is 5.26 Å². The predicted molar refractivity (Wildman–Crippen MR) is 81.2 cm³/mol. The smallest absolute Gasteiger partial charge is 0.239 e. The van der Waals surface area contributed by atoms with E-state index in [2.05, 4.69) is 16.7 Å². The summed E-state index contributed by atoms with van der Waals surface area (Å²) in [4.78, 5) is 11.9. The molecular formula is C16H21N3O2. The molecule has 1 amide bonds. The number of anilines is 1. The molecule has 0 saturated heterocycles. The van der Waals surface area contributed by atoms with E-state index in [4.69, 9.17) is 10.00 Å². The molecule has 1 fully saturated rings.